The summed E-state index contributed by atoms with van der Waals surface area (Å²) in [6.07, 6.45) is 28.5. The number of aliphatic hydroxyl groups is 1. The molecule has 0 fully saturated rings. The van der Waals surface area contributed by atoms with Gasteiger partial charge in [-0.2, -0.15) is 0 Å². The first-order chi connectivity index (χ1) is 23.5. The lowest BCUT2D eigenvalue weighted by atomic mass is 9.97. The van der Waals surface area contributed by atoms with Crippen LogP contribution in [0.3, 0.4) is 0 Å². The van der Waals surface area contributed by atoms with Crippen molar-refractivity contribution in [1.82, 2.24) is 4.90 Å². The van der Waals surface area contributed by atoms with Crippen molar-refractivity contribution in [3.05, 3.63) is 29.3 Å². The van der Waals surface area contributed by atoms with E-state index in [9.17, 15) is 14.7 Å². The van der Waals surface area contributed by atoms with E-state index in [1.165, 1.54) is 75.3 Å². The number of carbonyl (C=O) groups excluding carboxylic acids is 2. The van der Waals surface area contributed by atoms with Crippen molar-refractivity contribution in [2.75, 3.05) is 32.8 Å². The highest BCUT2D eigenvalue weighted by Gasteiger charge is 2.10. The second-order valence-corrected chi connectivity index (χ2v) is 13.9. The molecule has 0 aliphatic heterocycles. The van der Waals surface area contributed by atoms with E-state index < -0.39 is 0 Å². The Morgan fingerprint density at radius 1 is 0.562 bits per heavy atom. The minimum atomic E-state index is -0.120. The van der Waals surface area contributed by atoms with Gasteiger partial charge in [-0.25, -0.2) is 0 Å². The maximum Gasteiger partial charge on any atom is 0.311 e. The number of esters is 2. The van der Waals surface area contributed by atoms with Crippen molar-refractivity contribution in [2.45, 2.75) is 188 Å². The molecule has 1 rings (SSSR count). The van der Waals surface area contributed by atoms with Crippen LogP contribution in [0.1, 0.15) is 186 Å². The first kappa shape index (κ1) is 44.1. The summed E-state index contributed by atoms with van der Waals surface area (Å²) in [5.74, 6) is 0.544. The van der Waals surface area contributed by atoms with Crippen LogP contribution in [0.5, 0.6) is 5.75 Å². The highest BCUT2D eigenvalue weighted by atomic mass is 16.5. The minimum Gasteiger partial charge on any atom is -0.466 e. The Kier molecular flexibility index (Phi) is 29.7. The van der Waals surface area contributed by atoms with Crippen LogP contribution >= 0.6 is 0 Å². The van der Waals surface area contributed by atoms with E-state index in [0.29, 0.717) is 25.2 Å². The zero-order valence-electron chi connectivity index (χ0n) is 31.7. The fourth-order valence-corrected chi connectivity index (χ4v) is 6.34. The number of nitrogens with zero attached hydrogens (tertiary/aromatic N) is 1. The van der Waals surface area contributed by atoms with Crippen LogP contribution in [-0.4, -0.2) is 54.8 Å². The van der Waals surface area contributed by atoms with Gasteiger partial charge in [-0.3, -0.25) is 9.59 Å². The van der Waals surface area contributed by atoms with E-state index in [1.807, 2.05) is 6.07 Å². The third-order valence-corrected chi connectivity index (χ3v) is 9.40. The molecule has 0 bridgehead atoms. The Morgan fingerprint density at radius 2 is 1.06 bits per heavy atom. The third-order valence-electron chi connectivity index (χ3n) is 9.40. The molecule has 0 radical (unpaired) electrons. The molecule has 1 aromatic carbocycles. The third kappa shape index (κ3) is 25.1. The van der Waals surface area contributed by atoms with Crippen LogP contribution in [0.25, 0.3) is 0 Å². The van der Waals surface area contributed by atoms with E-state index >= 15 is 0 Å². The molecule has 48 heavy (non-hydrogen) atoms. The predicted molar refractivity (Wildman–Crippen MR) is 202 cm³/mol. The van der Waals surface area contributed by atoms with Gasteiger partial charge in [0.1, 0.15) is 5.75 Å². The molecular formula is C42H75NO5. The van der Waals surface area contributed by atoms with Gasteiger partial charge in [-0.1, -0.05) is 123 Å². The van der Waals surface area contributed by atoms with Crippen molar-refractivity contribution in [2.24, 2.45) is 0 Å². The second-order valence-electron chi connectivity index (χ2n) is 13.9. The van der Waals surface area contributed by atoms with E-state index in [4.69, 9.17) is 9.47 Å². The first-order valence-electron chi connectivity index (χ1n) is 20.3. The Hall–Kier alpha value is -1.92. The molecule has 0 saturated carbocycles. The van der Waals surface area contributed by atoms with Crippen molar-refractivity contribution in [3.8, 4) is 5.75 Å². The van der Waals surface area contributed by atoms with Crippen LogP contribution in [-0.2, 0) is 27.2 Å². The number of carbonyl (C=O) groups is 2. The summed E-state index contributed by atoms with van der Waals surface area (Å²) in [7, 11) is 0. The van der Waals surface area contributed by atoms with Gasteiger partial charge in [-0.15, -0.1) is 0 Å². The highest BCUT2D eigenvalue weighted by molar-refractivity contribution is 5.72. The van der Waals surface area contributed by atoms with Crippen LogP contribution in [0, 0.1) is 0 Å². The molecule has 0 spiro atoms. The fraction of sp³-hybridized carbons (Fsp3) is 0.810. The molecule has 0 heterocycles. The van der Waals surface area contributed by atoms with Gasteiger partial charge in [0.2, 0.25) is 0 Å². The van der Waals surface area contributed by atoms with Gasteiger partial charge in [0.25, 0.3) is 0 Å². The number of aliphatic hydroxyl groups excluding tert-OH is 1. The van der Waals surface area contributed by atoms with Crippen molar-refractivity contribution >= 4 is 11.9 Å². The molecule has 6 nitrogen and oxygen atoms in total. The molecule has 1 aromatic rings. The average molecular weight is 674 g/mol. The van der Waals surface area contributed by atoms with Crippen LogP contribution in [0.4, 0.5) is 0 Å². The summed E-state index contributed by atoms with van der Waals surface area (Å²) < 4.78 is 11.1. The lowest BCUT2D eigenvalue weighted by Gasteiger charge is -2.21. The number of aryl methyl sites for hydroxylation is 2. The molecule has 0 aliphatic carbocycles. The van der Waals surface area contributed by atoms with E-state index in [1.54, 1.807) is 0 Å². The Balaban J connectivity index is 2.13. The van der Waals surface area contributed by atoms with Crippen molar-refractivity contribution in [1.29, 1.82) is 0 Å². The van der Waals surface area contributed by atoms with E-state index in [2.05, 4.69) is 37.8 Å². The van der Waals surface area contributed by atoms with Crippen LogP contribution < -0.4 is 4.74 Å². The maximum absolute atomic E-state index is 12.6. The Bertz CT molecular complexity index is 904. The monoisotopic (exact) mass is 674 g/mol. The number of ether oxygens (including phenoxy) is 2. The Labute approximate surface area is 296 Å². The van der Waals surface area contributed by atoms with Gasteiger partial charge in [0.05, 0.1) is 13.2 Å². The molecule has 0 aliphatic rings. The zero-order valence-corrected chi connectivity index (χ0v) is 31.7. The summed E-state index contributed by atoms with van der Waals surface area (Å²) in [5, 5.41) is 9.51. The van der Waals surface area contributed by atoms with Crippen LogP contribution in [0.15, 0.2) is 18.2 Å². The molecule has 0 saturated heterocycles. The quantitative estimate of drug-likeness (QED) is 0.0446. The Morgan fingerprint density at radius 3 is 1.67 bits per heavy atom. The van der Waals surface area contributed by atoms with Crippen molar-refractivity contribution < 1.29 is 24.2 Å². The summed E-state index contributed by atoms with van der Waals surface area (Å²) in [6.45, 7) is 10.2. The number of hydrogen-bond donors (Lipinski definition) is 1. The maximum atomic E-state index is 12.6. The minimum absolute atomic E-state index is 0.0390. The summed E-state index contributed by atoms with van der Waals surface area (Å²) >= 11 is 0. The SMILES string of the molecule is CCCCCCCCOC(=O)CCCCCCCN(CCO)CCCCCCCC(=O)Oc1ccc(CCCCC)c(CCCCC)c1. The molecule has 0 unspecified atom stereocenters. The first-order valence-corrected chi connectivity index (χ1v) is 20.3. The van der Waals surface area contributed by atoms with Gasteiger partial charge in [-0.05, 0) is 94.1 Å². The summed E-state index contributed by atoms with van der Waals surface area (Å²) in [5.41, 5.74) is 2.77. The molecule has 0 atom stereocenters. The number of benzene rings is 1. The standard InChI is InChI=1S/C42H75NO5/c1-4-7-10-11-18-25-36-47-41(45)28-21-14-12-16-23-32-43(34-35-44)33-24-17-13-15-22-29-42(46)48-40-31-30-38(26-19-8-5-2)39(37-40)27-20-9-6-3/h30-31,37,44H,4-29,32-36H2,1-3H3. The van der Waals surface area contributed by atoms with Crippen LogP contribution in [0.2, 0.25) is 0 Å². The molecule has 1 N–H and O–H groups in total. The van der Waals surface area contributed by atoms with Crippen molar-refractivity contribution in [3.63, 3.8) is 0 Å². The normalized spacial score (nSPS) is 11.4. The number of hydrogen-bond acceptors (Lipinski definition) is 6. The number of rotatable bonds is 34. The lowest BCUT2D eigenvalue weighted by molar-refractivity contribution is -0.144. The molecule has 0 amide bonds. The summed E-state index contributed by atoms with van der Waals surface area (Å²) in [6, 6.07) is 6.28. The highest BCUT2D eigenvalue weighted by Crippen LogP contribution is 2.23. The average Bonchev–Trinajstić information content (AvgIpc) is 3.08. The van der Waals surface area contributed by atoms with Gasteiger partial charge < -0.3 is 19.5 Å². The zero-order chi connectivity index (χ0) is 34.9. The fourth-order valence-electron chi connectivity index (χ4n) is 6.34. The molecule has 278 valence electrons. The number of unbranched alkanes of at least 4 members (excludes halogenated alkanes) is 17. The second kappa shape index (κ2) is 32.3. The van der Waals surface area contributed by atoms with Gasteiger partial charge in [0.15, 0.2) is 0 Å². The molecular weight excluding hydrogens is 598 g/mol. The smallest absolute Gasteiger partial charge is 0.311 e. The summed E-state index contributed by atoms with van der Waals surface area (Å²) in [4.78, 5) is 26.9. The topological polar surface area (TPSA) is 76.1 Å². The lowest BCUT2D eigenvalue weighted by Crippen LogP contribution is -2.29. The van der Waals surface area contributed by atoms with E-state index in [-0.39, 0.29) is 18.5 Å². The van der Waals surface area contributed by atoms with Gasteiger partial charge >= 0.3 is 11.9 Å². The predicted octanol–water partition coefficient (Wildman–Crippen LogP) is 10.9. The largest absolute Gasteiger partial charge is 0.466 e. The molecule has 6 heteroatoms. The van der Waals surface area contributed by atoms with Gasteiger partial charge in [0, 0.05) is 19.4 Å². The molecule has 0 aromatic heterocycles. The van der Waals surface area contributed by atoms with E-state index in [0.717, 1.165) is 110 Å².